The largest absolute Gasteiger partial charge is 0.464 e. The van der Waals surface area contributed by atoms with Gasteiger partial charge in [-0.2, -0.15) is 0 Å². The van der Waals surface area contributed by atoms with E-state index in [0.717, 1.165) is 17.7 Å². The number of hydrogen-bond acceptors (Lipinski definition) is 5. The number of para-hydroxylation sites is 1. The number of ether oxygens (including phenoxy) is 1. The van der Waals surface area contributed by atoms with E-state index in [0.29, 0.717) is 25.9 Å². The van der Waals surface area contributed by atoms with E-state index in [1.807, 2.05) is 29.2 Å². The van der Waals surface area contributed by atoms with E-state index in [9.17, 15) is 14.4 Å². The van der Waals surface area contributed by atoms with Gasteiger partial charge in [-0.05, 0) is 31.4 Å². The lowest BCUT2D eigenvalue weighted by Crippen LogP contribution is -2.46. The number of carbonyl (C=O) groups excluding carboxylic acids is 3. The summed E-state index contributed by atoms with van der Waals surface area (Å²) in [7, 11) is 0. The Bertz CT molecular complexity index is 658. The van der Waals surface area contributed by atoms with Crippen LogP contribution in [-0.2, 0) is 25.5 Å². The molecule has 0 spiro atoms. The van der Waals surface area contributed by atoms with Crippen LogP contribution in [-0.4, -0.2) is 48.4 Å². The van der Waals surface area contributed by atoms with Crippen LogP contribution in [0.15, 0.2) is 24.3 Å². The highest BCUT2D eigenvalue weighted by Crippen LogP contribution is 2.31. The molecule has 1 fully saturated rings. The zero-order chi connectivity index (χ0) is 17.1. The van der Waals surface area contributed by atoms with Crippen LogP contribution < -0.4 is 4.90 Å². The molecule has 2 aliphatic heterocycles. The van der Waals surface area contributed by atoms with Crippen LogP contribution in [0.1, 0.15) is 31.7 Å². The third kappa shape index (κ3) is 3.13. The van der Waals surface area contributed by atoms with E-state index in [4.69, 9.17) is 4.74 Å². The number of hydrogen-bond donors (Lipinski definition) is 0. The van der Waals surface area contributed by atoms with Crippen molar-refractivity contribution in [2.45, 2.75) is 38.6 Å². The van der Waals surface area contributed by atoms with Gasteiger partial charge in [0.2, 0.25) is 11.8 Å². The van der Waals surface area contributed by atoms with Crippen molar-refractivity contribution in [1.29, 1.82) is 0 Å². The third-order valence-corrected chi connectivity index (χ3v) is 4.60. The first-order valence-electron chi connectivity index (χ1n) is 8.46. The molecule has 3 rings (SSSR count). The molecule has 0 aromatic heterocycles. The number of amides is 2. The maximum absolute atomic E-state index is 12.5. The summed E-state index contributed by atoms with van der Waals surface area (Å²) in [5.74, 6) is -0.849. The standard InChI is InChI=1S/C18H22N2O4/c1-2-24-18(23)15(12-17(22)20-10-5-8-16(20)21)19-11-9-13-6-3-4-7-14(13)19/h3-4,6-7,15H,2,5,8-12H2,1H3/t15-/m1/s1. The van der Waals surface area contributed by atoms with Crippen LogP contribution in [0.25, 0.3) is 0 Å². The van der Waals surface area contributed by atoms with Crippen molar-refractivity contribution in [3.8, 4) is 0 Å². The van der Waals surface area contributed by atoms with Crippen molar-refractivity contribution in [1.82, 2.24) is 4.90 Å². The van der Waals surface area contributed by atoms with Gasteiger partial charge in [0.15, 0.2) is 0 Å². The number of imide groups is 1. The maximum Gasteiger partial charge on any atom is 0.329 e. The minimum Gasteiger partial charge on any atom is -0.464 e. The van der Waals surface area contributed by atoms with Crippen molar-refractivity contribution < 1.29 is 19.1 Å². The molecule has 2 amide bonds. The molecular weight excluding hydrogens is 308 g/mol. The highest BCUT2D eigenvalue weighted by molar-refractivity contribution is 5.99. The highest BCUT2D eigenvalue weighted by atomic mass is 16.5. The predicted molar refractivity (Wildman–Crippen MR) is 88.5 cm³/mol. The molecule has 1 saturated heterocycles. The fourth-order valence-corrected chi connectivity index (χ4v) is 3.43. The summed E-state index contributed by atoms with van der Waals surface area (Å²) in [6, 6.07) is 7.19. The summed E-state index contributed by atoms with van der Waals surface area (Å²) >= 11 is 0. The Balaban J connectivity index is 1.81. The monoisotopic (exact) mass is 330 g/mol. The molecule has 1 aromatic rings. The van der Waals surface area contributed by atoms with E-state index in [1.54, 1.807) is 6.92 Å². The molecule has 1 atom stereocenters. The van der Waals surface area contributed by atoms with Crippen molar-refractivity contribution in [3.05, 3.63) is 29.8 Å². The van der Waals surface area contributed by atoms with Crippen molar-refractivity contribution >= 4 is 23.5 Å². The first-order valence-corrected chi connectivity index (χ1v) is 8.46. The molecule has 1 aromatic carbocycles. The lowest BCUT2D eigenvalue weighted by molar-refractivity contribution is -0.149. The van der Waals surface area contributed by atoms with Gasteiger partial charge < -0.3 is 9.64 Å². The lowest BCUT2D eigenvalue weighted by Gasteiger charge is -2.29. The summed E-state index contributed by atoms with van der Waals surface area (Å²) in [6.45, 7) is 3.13. The average molecular weight is 330 g/mol. The Kier molecular flexibility index (Phi) is 4.83. The van der Waals surface area contributed by atoms with Crippen LogP contribution in [0.4, 0.5) is 5.69 Å². The van der Waals surface area contributed by atoms with Gasteiger partial charge in [0.05, 0.1) is 13.0 Å². The topological polar surface area (TPSA) is 66.9 Å². The Morgan fingerprint density at radius 3 is 2.71 bits per heavy atom. The maximum atomic E-state index is 12.5. The van der Waals surface area contributed by atoms with E-state index in [-0.39, 0.29) is 24.8 Å². The zero-order valence-electron chi connectivity index (χ0n) is 13.9. The summed E-state index contributed by atoms with van der Waals surface area (Å²) in [6.07, 6.45) is 1.91. The smallest absolute Gasteiger partial charge is 0.329 e. The SMILES string of the molecule is CCOC(=O)[C@@H](CC(=O)N1CCCC1=O)N1CCc2ccccc21. The van der Waals surface area contributed by atoms with E-state index >= 15 is 0 Å². The second-order valence-electron chi connectivity index (χ2n) is 6.09. The summed E-state index contributed by atoms with van der Waals surface area (Å²) in [4.78, 5) is 40.0. The van der Waals surface area contributed by atoms with Crippen molar-refractivity contribution in [2.24, 2.45) is 0 Å². The molecule has 6 nitrogen and oxygen atoms in total. The van der Waals surface area contributed by atoms with Gasteiger partial charge in [-0.15, -0.1) is 0 Å². The molecular formula is C18H22N2O4. The quantitative estimate of drug-likeness (QED) is 0.766. The molecule has 0 N–H and O–H groups in total. The van der Waals surface area contributed by atoms with Gasteiger partial charge in [0, 0.05) is 25.2 Å². The second-order valence-corrected chi connectivity index (χ2v) is 6.09. The van der Waals surface area contributed by atoms with E-state index in [1.165, 1.54) is 4.90 Å². The van der Waals surface area contributed by atoms with Gasteiger partial charge in [0.25, 0.3) is 0 Å². The number of carbonyl (C=O) groups is 3. The second kappa shape index (κ2) is 7.03. The minimum atomic E-state index is -0.686. The average Bonchev–Trinajstić information content (AvgIpc) is 3.19. The number of fused-ring (bicyclic) bond motifs is 1. The molecule has 0 radical (unpaired) electrons. The molecule has 128 valence electrons. The molecule has 2 heterocycles. The van der Waals surface area contributed by atoms with Crippen LogP contribution in [0.2, 0.25) is 0 Å². The Morgan fingerprint density at radius 1 is 1.21 bits per heavy atom. The van der Waals surface area contributed by atoms with Gasteiger partial charge in [-0.3, -0.25) is 14.5 Å². The zero-order valence-corrected chi connectivity index (χ0v) is 13.9. The molecule has 24 heavy (non-hydrogen) atoms. The van der Waals surface area contributed by atoms with Gasteiger partial charge in [0.1, 0.15) is 6.04 Å². The van der Waals surface area contributed by atoms with Gasteiger partial charge in [-0.1, -0.05) is 18.2 Å². The molecule has 2 aliphatic rings. The lowest BCUT2D eigenvalue weighted by atomic mass is 10.1. The predicted octanol–water partition coefficient (Wildman–Crippen LogP) is 1.52. The Morgan fingerprint density at radius 2 is 2.00 bits per heavy atom. The van der Waals surface area contributed by atoms with E-state index < -0.39 is 12.0 Å². The van der Waals surface area contributed by atoms with Gasteiger partial charge >= 0.3 is 5.97 Å². The van der Waals surface area contributed by atoms with Crippen molar-refractivity contribution in [2.75, 3.05) is 24.6 Å². The molecule has 0 aliphatic carbocycles. The first-order chi connectivity index (χ1) is 11.6. The third-order valence-electron chi connectivity index (χ3n) is 4.60. The fourth-order valence-electron chi connectivity index (χ4n) is 3.43. The normalized spacial score (nSPS) is 17.8. The summed E-state index contributed by atoms with van der Waals surface area (Å²) in [5, 5.41) is 0. The first kappa shape index (κ1) is 16.5. The van der Waals surface area contributed by atoms with Crippen LogP contribution in [0.3, 0.4) is 0 Å². The van der Waals surface area contributed by atoms with Crippen LogP contribution in [0, 0.1) is 0 Å². The van der Waals surface area contributed by atoms with Crippen molar-refractivity contribution in [3.63, 3.8) is 0 Å². The molecule has 0 saturated carbocycles. The number of rotatable bonds is 5. The van der Waals surface area contributed by atoms with E-state index in [2.05, 4.69) is 0 Å². The summed E-state index contributed by atoms with van der Waals surface area (Å²) in [5.41, 5.74) is 2.13. The summed E-state index contributed by atoms with van der Waals surface area (Å²) < 4.78 is 5.19. The number of likely N-dealkylation sites (tertiary alicyclic amines) is 1. The number of nitrogens with zero attached hydrogens (tertiary/aromatic N) is 2. The Labute approximate surface area is 141 Å². The highest BCUT2D eigenvalue weighted by Gasteiger charge is 2.36. The fraction of sp³-hybridized carbons (Fsp3) is 0.500. The molecule has 0 bridgehead atoms. The van der Waals surface area contributed by atoms with Crippen LogP contribution >= 0.6 is 0 Å². The number of esters is 1. The number of anilines is 1. The molecule has 6 heteroatoms. The Hall–Kier alpha value is -2.37. The molecule has 0 unspecified atom stereocenters. The minimum absolute atomic E-state index is 0.0289. The number of benzene rings is 1. The van der Waals surface area contributed by atoms with Crippen LogP contribution in [0.5, 0.6) is 0 Å². The van der Waals surface area contributed by atoms with Gasteiger partial charge in [-0.25, -0.2) is 4.79 Å².